The Kier molecular flexibility index (Phi) is 12.1. The van der Waals surface area contributed by atoms with Crippen molar-refractivity contribution in [1.29, 1.82) is 0 Å². The highest BCUT2D eigenvalue weighted by molar-refractivity contribution is 6.36. The number of hydrogen-bond acceptors (Lipinski definition) is 8. The maximum Gasteiger partial charge on any atom is 0.330 e. The van der Waals surface area contributed by atoms with E-state index in [1.165, 1.54) is 35.6 Å². The van der Waals surface area contributed by atoms with Gasteiger partial charge in [-0.25, -0.2) is 14.8 Å². The van der Waals surface area contributed by atoms with E-state index in [2.05, 4.69) is 21.7 Å². The number of benzene rings is 2. The molecule has 1 saturated heterocycles. The molecule has 2 N–H and O–H groups in total. The molecular formula is C39H47ClN6O4. The molecule has 11 heteroatoms. The topological polar surface area (TPSA) is 112 Å². The van der Waals surface area contributed by atoms with Crippen molar-refractivity contribution in [1.82, 2.24) is 24.4 Å². The molecule has 2 aliphatic rings. The number of rotatable bonds is 6. The van der Waals surface area contributed by atoms with E-state index in [1.807, 2.05) is 64.2 Å². The van der Waals surface area contributed by atoms with Crippen LogP contribution in [0.2, 0.25) is 5.02 Å². The highest BCUT2D eigenvalue weighted by Crippen LogP contribution is 2.41. The lowest BCUT2D eigenvalue weighted by Crippen LogP contribution is -2.37. The molecule has 4 heterocycles. The molecule has 0 saturated carbocycles. The van der Waals surface area contributed by atoms with Crippen LogP contribution in [0.1, 0.15) is 49.8 Å². The number of fused-ring (bicyclic) bond motifs is 2. The average Bonchev–Trinajstić information content (AvgIpc) is 3.64. The van der Waals surface area contributed by atoms with E-state index in [4.69, 9.17) is 26.1 Å². The highest BCUT2D eigenvalue weighted by Gasteiger charge is 2.22. The molecule has 0 bridgehead atoms. The number of halogens is 1. The van der Waals surface area contributed by atoms with Crippen LogP contribution in [0.25, 0.3) is 33.3 Å². The van der Waals surface area contributed by atoms with Gasteiger partial charge in [-0.3, -0.25) is 13.9 Å². The lowest BCUT2D eigenvalue weighted by molar-refractivity contribution is 0.0799. The number of aromatic nitrogens is 4. The summed E-state index contributed by atoms with van der Waals surface area (Å²) in [4.78, 5) is 34.7. The summed E-state index contributed by atoms with van der Waals surface area (Å²) in [5.41, 5.74) is 7.29. The quantitative estimate of drug-likeness (QED) is 0.196. The largest absolute Gasteiger partial charge is 0.481 e. The molecule has 0 unspecified atom stereocenters. The number of hydrogen-bond donors (Lipinski definition) is 2. The maximum absolute atomic E-state index is 13.1. The molecule has 1 aliphatic carbocycles. The molecule has 0 amide bonds. The molecule has 50 heavy (non-hydrogen) atoms. The predicted octanol–water partition coefficient (Wildman–Crippen LogP) is 6.97. The Labute approximate surface area is 298 Å². The van der Waals surface area contributed by atoms with Gasteiger partial charge in [0.15, 0.2) is 0 Å². The minimum Gasteiger partial charge on any atom is -0.481 e. The van der Waals surface area contributed by atoms with Gasteiger partial charge in [0.1, 0.15) is 11.2 Å². The molecule has 1 fully saturated rings. The zero-order valence-electron chi connectivity index (χ0n) is 30.0. The summed E-state index contributed by atoms with van der Waals surface area (Å²) in [6, 6.07) is 16.3. The lowest BCUT2D eigenvalue weighted by Gasteiger charge is -2.20. The molecule has 264 valence electrons. The zero-order chi connectivity index (χ0) is 35.9. The fraction of sp³-hybridized carbons (Fsp3) is 0.385. The van der Waals surface area contributed by atoms with Gasteiger partial charge in [0.2, 0.25) is 5.88 Å². The standard InChI is InChI=1S/C31H28ClN5O3.C6H13NO.C2H6/c1-17-19(21-11-6-12-22(27(21)32)24-16-18-8-5-10-20(18)29(35-24)40-4)9-7-13-23(17)34-28-26-25(14-15-33-28)36(2)31(39)37(3)30(26)38;1-7-6-2-4-8-5-3-6;1-2/h6-7,9,11-16H,5,8,10H2,1-4H3,(H,33,34);6-7H,2-5H2,1H3;1-2H3. The summed E-state index contributed by atoms with van der Waals surface area (Å²) in [7, 11) is 6.77. The van der Waals surface area contributed by atoms with Crippen LogP contribution in [0.5, 0.6) is 5.88 Å². The normalized spacial score (nSPS) is 13.9. The first-order chi connectivity index (χ1) is 24.2. The van der Waals surface area contributed by atoms with E-state index >= 15 is 0 Å². The Morgan fingerprint density at radius 1 is 0.960 bits per heavy atom. The molecule has 3 aromatic heterocycles. The molecule has 5 aromatic rings. The number of pyridine rings is 2. The zero-order valence-corrected chi connectivity index (χ0v) is 30.8. The first kappa shape index (κ1) is 36.8. The van der Waals surface area contributed by atoms with Crippen LogP contribution < -0.4 is 26.6 Å². The first-order valence-corrected chi connectivity index (χ1v) is 17.6. The van der Waals surface area contributed by atoms with E-state index in [9.17, 15) is 9.59 Å². The van der Waals surface area contributed by atoms with Crippen molar-refractivity contribution in [2.75, 3.05) is 32.7 Å². The summed E-state index contributed by atoms with van der Waals surface area (Å²) in [5, 5.41) is 7.50. The second-order valence-corrected chi connectivity index (χ2v) is 12.6. The van der Waals surface area contributed by atoms with Crippen molar-refractivity contribution in [3.05, 3.63) is 97.3 Å². The van der Waals surface area contributed by atoms with E-state index in [-0.39, 0.29) is 0 Å². The van der Waals surface area contributed by atoms with Gasteiger partial charge in [-0.15, -0.1) is 0 Å². The summed E-state index contributed by atoms with van der Waals surface area (Å²) in [5.74, 6) is 1.04. The number of ether oxygens (including phenoxy) is 2. The lowest BCUT2D eigenvalue weighted by atomic mass is 9.96. The third kappa shape index (κ3) is 7.33. The number of aryl methyl sites for hydroxylation is 2. The molecule has 0 spiro atoms. The Morgan fingerprint density at radius 3 is 2.36 bits per heavy atom. The molecule has 10 nitrogen and oxygen atoms in total. The Bertz CT molecular complexity index is 2100. The summed E-state index contributed by atoms with van der Waals surface area (Å²) >= 11 is 7.07. The summed E-state index contributed by atoms with van der Waals surface area (Å²) in [6.07, 6.45) is 7.02. The summed E-state index contributed by atoms with van der Waals surface area (Å²) in [6.45, 7) is 7.87. The number of methoxy groups -OCH3 is 1. The fourth-order valence-corrected chi connectivity index (χ4v) is 6.91. The molecule has 2 aromatic carbocycles. The second-order valence-electron chi connectivity index (χ2n) is 12.2. The Hall–Kier alpha value is -4.51. The van der Waals surface area contributed by atoms with Gasteiger partial charge in [0.25, 0.3) is 5.56 Å². The number of anilines is 2. The van der Waals surface area contributed by atoms with Crippen molar-refractivity contribution >= 4 is 34.0 Å². The fourth-order valence-electron chi connectivity index (χ4n) is 6.59. The molecule has 0 radical (unpaired) electrons. The van der Waals surface area contributed by atoms with Crippen LogP contribution in [0, 0.1) is 6.92 Å². The van der Waals surface area contributed by atoms with Crippen molar-refractivity contribution in [2.45, 2.75) is 58.9 Å². The molecule has 7 rings (SSSR count). The smallest absolute Gasteiger partial charge is 0.330 e. The van der Waals surface area contributed by atoms with E-state index in [1.54, 1.807) is 26.4 Å². The minimum atomic E-state index is -0.407. The second kappa shape index (κ2) is 16.5. The molecule has 1 aliphatic heterocycles. The van der Waals surface area contributed by atoms with Crippen LogP contribution in [-0.2, 0) is 31.7 Å². The van der Waals surface area contributed by atoms with E-state index < -0.39 is 11.2 Å². The van der Waals surface area contributed by atoms with Crippen LogP contribution in [0.3, 0.4) is 0 Å². The SMILES string of the molecule is CC.CNC1CCOCC1.COc1nc(-c2cccc(-c3cccc(Nc4nccc5c4c(=O)n(C)c(=O)n5C)c3C)c2Cl)cc2c1CCC2. The third-order valence-electron chi connectivity index (χ3n) is 9.41. The van der Waals surface area contributed by atoms with Crippen molar-refractivity contribution in [2.24, 2.45) is 14.1 Å². The number of nitrogens with one attached hydrogen (secondary N) is 2. The van der Waals surface area contributed by atoms with Gasteiger partial charge >= 0.3 is 5.69 Å². The van der Waals surface area contributed by atoms with Crippen LogP contribution >= 0.6 is 11.6 Å². The summed E-state index contributed by atoms with van der Waals surface area (Å²) < 4.78 is 13.3. The molecule has 0 atom stereocenters. The Balaban J connectivity index is 0.000000424. The number of nitrogens with zero attached hydrogens (tertiary/aromatic N) is 4. The van der Waals surface area contributed by atoms with Crippen molar-refractivity contribution in [3.8, 4) is 28.3 Å². The monoisotopic (exact) mass is 698 g/mol. The van der Waals surface area contributed by atoms with Crippen LogP contribution in [-0.4, -0.2) is 52.5 Å². The van der Waals surface area contributed by atoms with E-state index in [0.717, 1.165) is 70.7 Å². The van der Waals surface area contributed by atoms with Gasteiger partial charge < -0.3 is 20.1 Å². The van der Waals surface area contributed by atoms with E-state index in [0.29, 0.717) is 33.7 Å². The first-order valence-electron chi connectivity index (χ1n) is 17.3. The maximum atomic E-state index is 13.1. The third-order valence-corrected chi connectivity index (χ3v) is 9.82. The van der Waals surface area contributed by atoms with Gasteiger partial charge in [-0.1, -0.05) is 55.8 Å². The van der Waals surface area contributed by atoms with Gasteiger partial charge in [-0.2, -0.15) is 0 Å². The molecular weight excluding hydrogens is 652 g/mol. The van der Waals surface area contributed by atoms with Crippen LogP contribution in [0.4, 0.5) is 11.5 Å². The van der Waals surface area contributed by atoms with Crippen molar-refractivity contribution < 1.29 is 9.47 Å². The minimum absolute atomic E-state index is 0.341. The highest BCUT2D eigenvalue weighted by atomic mass is 35.5. The van der Waals surface area contributed by atoms with Gasteiger partial charge in [0, 0.05) is 61.9 Å². The van der Waals surface area contributed by atoms with Gasteiger partial charge in [0.05, 0.1) is 23.3 Å². The average molecular weight is 699 g/mol. The van der Waals surface area contributed by atoms with Crippen LogP contribution in [0.15, 0.2) is 64.3 Å². The van der Waals surface area contributed by atoms with Gasteiger partial charge in [-0.05, 0) is 81.0 Å². The Morgan fingerprint density at radius 2 is 1.66 bits per heavy atom. The van der Waals surface area contributed by atoms with Crippen molar-refractivity contribution in [3.63, 3.8) is 0 Å². The predicted molar refractivity (Wildman–Crippen MR) is 203 cm³/mol.